The lowest BCUT2D eigenvalue weighted by Crippen LogP contribution is -2.31. The third-order valence-corrected chi connectivity index (χ3v) is 6.74. The van der Waals surface area contributed by atoms with Crippen LogP contribution in [0.3, 0.4) is 0 Å². The lowest BCUT2D eigenvalue weighted by Gasteiger charge is -2.13. The van der Waals surface area contributed by atoms with Gasteiger partial charge in [0.05, 0.1) is 8.68 Å². The second-order valence-electron chi connectivity index (χ2n) is 4.87. The van der Waals surface area contributed by atoms with Crippen molar-refractivity contribution in [3.63, 3.8) is 0 Å². The molecule has 1 unspecified atom stereocenters. The highest BCUT2D eigenvalue weighted by Gasteiger charge is 2.25. The molecule has 0 radical (unpaired) electrons. The van der Waals surface area contributed by atoms with Crippen molar-refractivity contribution in [1.29, 1.82) is 0 Å². The summed E-state index contributed by atoms with van der Waals surface area (Å²) in [6.45, 7) is 7.61. The molecule has 2 rings (SSSR count). The molecular formula is C12H19BrN2O2S2. The number of sulfonamides is 1. The molecule has 2 heterocycles. The van der Waals surface area contributed by atoms with Crippen LogP contribution in [-0.2, 0) is 10.0 Å². The van der Waals surface area contributed by atoms with E-state index in [0.29, 0.717) is 17.4 Å². The Balaban J connectivity index is 1.97. The van der Waals surface area contributed by atoms with Gasteiger partial charge in [0.25, 0.3) is 0 Å². The van der Waals surface area contributed by atoms with Crippen molar-refractivity contribution in [2.75, 3.05) is 26.2 Å². The number of nitrogens with one attached hydrogen (secondary N) is 1. The quantitative estimate of drug-likeness (QED) is 0.870. The molecule has 1 fully saturated rings. The number of thiophene rings is 1. The molecular weight excluding hydrogens is 348 g/mol. The van der Waals surface area contributed by atoms with Crippen molar-refractivity contribution in [2.45, 2.75) is 25.2 Å². The summed E-state index contributed by atoms with van der Waals surface area (Å²) in [5, 5.41) is 0. The highest BCUT2D eigenvalue weighted by Crippen LogP contribution is 2.29. The minimum absolute atomic E-state index is 0.398. The molecule has 19 heavy (non-hydrogen) atoms. The summed E-state index contributed by atoms with van der Waals surface area (Å²) in [6.07, 6.45) is 1.07. The molecule has 0 aromatic carbocycles. The van der Waals surface area contributed by atoms with E-state index in [1.165, 1.54) is 11.3 Å². The average molecular weight is 367 g/mol. The number of hydrogen-bond donors (Lipinski definition) is 1. The van der Waals surface area contributed by atoms with Gasteiger partial charge in [-0.1, -0.05) is 6.92 Å². The normalized spacial score (nSPS) is 21.1. The topological polar surface area (TPSA) is 49.4 Å². The zero-order chi connectivity index (χ0) is 14.0. The Kier molecular flexibility index (Phi) is 5.05. The Hall–Kier alpha value is 0.0500. The van der Waals surface area contributed by atoms with Gasteiger partial charge in [-0.05, 0) is 54.3 Å². The van der Waals surface area contributed by atoms with Crippen LogP contribution >= 0.6 is 27.3 Å². The molecule has 1 N–H and O–H groups in total. The zero-order valence-corrected chi connectivity index (χ0v) is 14.4. The van der Waals surface area contributed by atoms with Crippen molar-refractivity contribution < 1.29 is 8.42 Å². The van der Waals surface area contributed by atoms with Crippen LogP contribution in [0, 0.1) is 12.8 Å². The molecule has 0 saturated carbocycles. The molecule has 1 aliphatic rings. The van der Waals surface area contributed by atoms with Gasteiger partial charge in [0.1, 0.15) is 0 Å². The summed E-state index contributed by atoms with van der Waals surface area (Å²) in [6, 6.07) is 1.68. The van der Waals surface area contributed by atoms with E-state index in [1.807, 2.05) is 6.92 Å². The van der Waals surface area contributed by atoms with E-state index in [1.54, 1.807) is 6.07 Å². The lowest BCUT2D eigenvalue weighted by molar-refractivity contribution is 0.342. The maximum absolute atomic E-state index is 12.2. The van der Waals surface area contributed by atoms with Gasteiger partial charge in [-0.15, -0.1) is 11.3 Å². The predicted octanol–water partition coefficient (Wildman–Crippen LogP) is 2.44. The van der Waals surface area contributed by atoms with Gasteiger partial charge >= 0.3 is 0 Å². The third-order valence-electron chi connectivity index (χ3n) is 3.51. The van der Waals surface area contributed by atoms with Crippen LogP contribution in [0.1, 0.15) is 18.2 Å². The highest BCUT2D eigenvalue weighted by atomic mass is 79.9. The molecule has 1 saturated heterocycles. The van der Waals surface area contributed by atoms with E-state index in [2.05, 4.69) is 32.5 Å². The van der Waals surface area contributed by atoms with Crippen molar-refractivity contribution >= 4 is 37.3 Å². The van der Waals surface area contributed by atoms with Crippen LogP contribution in [0.15, 0.2) is 14.7 Å². The number of nitrogens with zero attached hydrogens (tertiary/aromatic N) is 1. The van der Waals surface area contributed by atoms with Crippen molar-refractivity contribution in [2.24, 2.45) is 5.92 Å². The van der Waals surface area contributed by atoms with E-state index >= 15 is 0 Å². The predicted molar refractivity (Wildman–Crippen MR) is 82.2 cm³/mol. The first-order valence-corrected chi connectivity index (χ1v) is 9.49. The lowest BCUT2D eigenvalue weighted by atomic mass is 10.1. The van der Waals surface area contributed by atoms with Gasteiger partial charge in [-0.25, -0.2) is 13.1 Å². The molecule has 1 aromatic rings. The number of hydrogen-bond acceptors (Lipinski definition) is 4. The van der Waals surface area contributed by atoms with Gasteiger partial charge in [0.15, 0.2) is 0 Å². The summed E-state index contributed by atoms with van der Waals surface area (Å²) in [4.78, 5) is 3.57. The molecule has 0 bridgehead atoms. The smallest absolute Gasteiger partial charge is 0.241 e. The molecule has 0 amide bonds. The highest BCUT2D eigenvalue weighted by molar-refractivity contribution is 9.11. The summed E-state index contributed by atoms with van der Waals surface area (Å²) >= 11 is 4.78. The summed E-state index contributed by atoms with van der Waals surface area (Å²) in [5.74, 6) is 0.428. The van der Waals surface area contributed by atoms with Crippen molar-refractivity contribution in [3.05, 3.63) is 14.7 Å². The fourth-order valence-corrected chi connectivity index (χ4v) is 5.90. The van der Waals surface area contributed by atoms with Gasteiger partial charge in [-0.3, -0.25) is 0 Å². The minimum Gasteiger partial charge on any atom is -0.303 e. The minimum atomic E-state index is -3.37. The third kappa shape index (κ3) is 3.78. The molecule has 1 aliphatic heterocycles. The first-order valence-electron chi connectivity index (χ1n) is 6.40. The zero-order valence-electron chi connectivity index (χ0n) is 11.1. The standard InChI is InChI=1S/C12H19BrN2O2S2/c1-3-15-5-4-10(8-15)7-14-19(16,17)11-6-12(13)18-9(11)2/h6,10,14H,3-5,7-8H2,1-2H3. The van der Waals surface area contributed by atoms with E-state index in [4.69, 9.17) is 0 Å². The number of aryl methyl sites for hydroxylation is 1. The molecule has 7 heteroatoms. The Bertz CT molecular complexity index is 542. The monoisotopic (exact) mass is 366 g/mol. The SMILES string of the molecule is CCN1CCC(CNS(=O)(=O)c2cc(Br)sc2C)C1. The Morgan fingerprint density at radius 3 is 2.84 bits per heavy atom. The first kappa shape index (κ1) is 15.4. The van der Waals surface area contributed by atoms with E-state index in [9.17, 15) is 8.42 Å². The molecule has 1 aromatic heterocycles. The average Bonchev–Trinajstić information content (AvgIpc) is 2.93. The fraction of sp³-hybridized carbons (Fsp3) is 0.667. The van der Waals surface area contributed by atoms with E-state index in [0.717, 1.165) is 34.7 Å². The molecule has 0 spiro atoms. The Morgan fingerprint density at radius 2 is 2.32 bits per heavy atom. The fourth-order valence-electron chi connectivity index (χ4n) is 2.37. The summed E-state index contributed by atoms with van der Waals surface area (Å²) in [7, 11) is -3.37. The molecule has 1 atom stereocenters. The number of likely N-dealkylation sites (tertiary alicyclic amines) is 1. The Labute approximate surface area is 127 Å². The van der Waals surface area contributed by atoms with Gasteiger partial charge in [-0.2, -0.15) is 0 Å². The van der Waals surface area contributed by atoms with E-state index in [-0.39, 0.29) is 0 Å². The van der Waals surface area contributed by atoms with Crippen molar-refractivity contribution in [3.8, 4) is 0 Å². The molecule has 108 valence electrons. The van der Waals surface area contributed by atoms with E-state index < -0.39 is 10.0 Å². The molecule has 4 nitrogen and oxygen atoms in total. The maximum Gasteiger partial charge on any atom is 0.241 e. The maximum atomic E-state index is 12.2. The van der Waals surface area contributed by atoms with Crippen LogP contribution in [0.4, 0.5) is 0 Å². The van der Waals surface area contributed by atoms with Crippen molar-refractivity contribution in [1.82, 2.24) is 9.62 Å². The van der Waals surface area contributed by atoms with Crippen LogP contribution in [0.25, 0.3) is 0 Å². The first-order chi connectivity index (χ1) is 8.92. The van der Waals surface area contributed by atoms with Crippen LogP contribution in [-0.4, -0.2) is 39.5 Å². The number of rotatable bonds is 5. The van der Waals surface area contributed by atoms with Crippen LogP contribution in [0.5, 0.6) is 0 Å². The largest absolute Gasteiger partial charge is 0.303 e. The van der Waals surface area contributed by atoms with Gasteiger partial charge in [0.2, 0.25) is 10.0 Å². The van der Waals surface area contributed by atoms with Crippen LogP contribution < -0.4 is 4.72 Å². The summed E-state index contributed by atoms with van der Waals surface area (Å²) in [5.41, 5.74) is 0. The van der Waals surface area contributed by atoms with Gasteiger partial charge < -0.3 is 4.90 Å². The van der Waals surface area contributed by atoms with Crippen LogP contribution in [0.2, 0.25) is 0 Å². The second-order valence-corrected chi connectivity index (χ2v) is 9.24. The summed E-state index contributed by atoms with van der Waals surface area (Å²) < 4.78 is 28.1. The van der Waals surface area contributed by atoms with Gasteiger partial charge in [0, 0.05) is 18.0 Å². The molecule has 0 aliphatic carbocycles. The number of halogens is 1. The Morgan fingerprint density at radius 1 is 1.58 bits per heavy atom. The second kappa shape index (κ2) is 6.22.